The van der Waals surface area contributed by atoms with Gasteiger partial charge < -0.3 is 10.1 Å². The molecule has 2 aliphatic heterocycles. The van der Waals surface area contributed by atoms with Gasteiger partial charge in [0.1, 0.15) is 5.60 Å². The van der Waals surface area contributed by atoms with E-state index in [2.05, 4.69) is 34.3 Å². The Kier molecular flexibility index (Phi) is 4.42. The number of amides is 1. The van der Waals surface area contributed by atoms with Crippen LogP contribution in [0.2, 0.25) is 0 Å². The smallest absolute Gasteiger partial charge is 0.410 e. The fourth-order valence-corrected chi connectivity index (χ4v) is 4.58. The number of ether oxygens (including phenoxy) is 1. The highest BCUT2D eigenvalue weighted by Gasteiger charge is 2.39. The van der Waals surface area contributed by atoms with Gasteiger partial charge in [-0.25, -0.2) is 9.48 Å². The third-order valence-corrected chi connectivity index (χ3v) is 6.09. The number of nitrogens with one attached hydrogen (secondary N) is 1. The lowest BCUT2D eigenvalue weighted by Crippen LogP contribution is -2.46. The molecule has 1 fully saturated rings. The van der Waals surface area contributed by atoms with Gasteiger partial charge in [-0.05, 0) is 57.2 Å². The molecule has 1 atom stereocenters. The number of nitrogens with zero attached hydrogens (tertiary/aromatic N) is 3. The van der Waals surface area contributed by atoms with E-state index in [-0.39, 0.29) is 12.1 Å². The Morgan fingerprint density at radius 2 is 1.93 bits per heavy atom. The molecule has 0 spiro atoms. The maximum absolute atomic E-state index is 12.9. The van der Waals surface area contributed by atoms with Crippen LogP contribution in [0.15, 0.2) is 24.3 Å². The van der Waals surface area contributed by atoms with E-state index in [1.165, 1.54) is 29.7 Å². The fourth-order valence-electron chi connectivity index (χ4n) is 4.58. The molecule has 3 aliphatic rings. The molecule has 0 unspecified atom stereocenters. The van der Waals surface area contributed by atoms with Crippen molar-refractivity contribution in [1.82, 2.24) is 20.0 Å². The summed E-state index contributed by atoms with van der Waals surface area (Å²) in [7, 11) is 0. The van der Waals surface area contributed by atoms with Gasteiger partial charge in [-0.15, -0.1) is 0 Å². The fraction of sp³-hybridized carbons (Fsp3) is 0.565. The average molecular weight is 395 g/mol. The van der Waals surface area contributed by atoms with Gasteiger partial charge in [-0.3, -0.25) is 4.90 Å². The Labute approximate surface area is 172 Å². The topological polar surface area (TPSA) is 59.4 Å². The monoisotopic (exact) mass is 394 g/mol. The standard InChI is InChI=1S/C23H30N4O2/c1-23(2,3)29-22(28)26-13-11-19-21-18(10-12-24-14-20(21)26)25-27(19)17-8-6-16(7-9-17)15-4-5-15/h6-9,15,20,24H,4-5,10-14H2,1-3H3/t20-/m1/s1. The van der Waals surface area contributed by atoms with E-state index in [1.54, 1.807) is 0 Å². The Morgan fingerprint density at radius 3 is 2.62 bits per heavy atom. The van der Waals surface area contributed by atoms with Gasteiger partial charge in [-0.1, -0.05) is 12.1 Å². The van der Waals surface area contributed by atoms with Crippen LogP contribution in [0.3, 0.4) is 0 Å². The third-order valence-electron chi connectivity index (χ3n) is 6.09. The third kappa shape index (κ3) is 3.54. The summed E-state index contributed by atoms with van der Waals surface area (Å²) in [6, 6.07) is 8.88. The summed E-state index contributed by atoms with van der Waals surface area (Å²) < 4.78 is 7.81. The van der Waals surface area contributed by atoms with Crippen molar-refractivity contribution < 1.29 is 9.53 Å². The van der Waals surface area contributed by atoms with Crippen molar-refractivity contribution in [2.75, 3.05) is 19.6 Å². The molecule has 0 radical (unpaired) electrons. The van der Waals surface area contributed by atoms with E-state index in [9.17, 15) is 4.79 Å². The minimum absolute atomic E-state index is 0.0226. The highest BCUT2D eigenvalue weighted by atomic mass is 16.6. The Morgan fingerprint density at radius 1 is 1.17 bits per heavy atom. The normalized spacial score (nSPS) is 21.5. The summed E-state index contributed by atoms with van der Waals surface area (Å²) in [5.41, 5.74) is 5.64. The molecule has 6 heteroatoms. The molecule has 5 rings (SSSR count). The van der Waals surface area contributed by atoms with E-state index in [0.29, 0.717) is 6.54 Å². The minimum Gasteiger partial charge on any atom is -0.444 e. The first-order valence-corrected chi connectivity index (χ1v) is 10.8. The highest BCUT2D eigenvalue weighted by Crippen LogP contribution is 2.40. The average Bonchev–Trinajstić information content (AvgIpc) is 3.47. The molecule has 1 saturated carbocycles. The summed E-state index contributed by atoms with van der Waals surface area (Å²) >= 11 is 0. The molecule has 1 N–H and O–H groups in total. The zero-order valence-electron chi connectivity index (χ0n) is 17.6. The van der Waals surface area contributed by atoms with Crippen LogP contribution in [0, 0.1) is 0 Å². The van der Waals surface area contributed by atoms with E-state index in [4.69, 9.17) is 9.84 Å². The highest BCUT2D eigenvalue weighted by molar-refractivity contribution is 5.70. The predicted octanol–water partition coefficient (Wildman–Crippen LogP) is 3.73. The molecule has 154 valence electrons. The van der Waals surface area contributed by atoms with E-state index in [1.807, 2.05) is 25.7 Å². The van der Waals surface area contributed by atoms with Crippen molar-refractivity contribution in [2.24, 2.45) is 0 Å². The van der Waals surface area contributed by atoms with Gasteiger partial charge in [0.05, 0.1) is 23.1 Å². The molecule has 2 aromatic rings. The lowest BCUT2D eigenvalue weighted by molar-refractivity contribution is 0.0142. The summed E-state index contributed by atoms with van der Waals surface area (Å²) in [6.45, 7) is 8.02. The van der Waals surface area contributed by atoms with Gasteiger partial charge >= 0.3 is 6.09 Å². The van der Waals surface area contributed by atoms with Crippen molar-refractivity contribution in [3.8, 4) is 5.69 Å². The molecular weight excluding hydrogens is 364 g/mol. The van der Waals surface area contributed by atoms with Gasteiger partial charge in [-0.2, -0.15) is 5.10 Å². The van der Waals surface area contributed by atoms with E-state index >= 15 is 0 Å². The summed E-state index contributed by atoms with van der Waals surface area (Å²) in [5.74, 6) is 0.759. The molecule has 1 aromatic carbocycles. The minimum atomic E-state index is -0.494. The van der Waals surface area contributed by atoms with E-state index < -0.39 is 5.60 Å². The molecule has 0 saturated heterocycles. The maximum atomic E-state index is 12.9. The van der Waals surface area contributed by atoms with Crippen LogP contribution in [0.4, 0.5) is 4.79 Å². The van der Waals surface area contributed by atoms with Crippen molar-refractivity contribution in [2.45, 2.75) is 64.0 Å². The zero-order valence-corrected chi connectivity index (χ0v) is 17.6. The van der Waals surface area contributed by atoms with Crippen LogP contribution in [0.1, 0.15) is 68.1 Å². The largest absolute Gasteiger partial charge is 0.444 e. The van der Waals surface area contributed by atoms with Crippen molar-refractivity contribution >= 4 is 6.09 Å². The molecule has 3 heterocycles. The number of hydrogen-bond acceptors (Lipinski definition) is 4. The lowest BCUT2D eigenvalue weighted by Gasteiger charge is -2.36. The Balaban J connectivity index is 1.50. The Hall–Kier alpha value is -2.34. The number of hydrogen-bond donors (Lipinski definition) is 1. The molecule has 29 heavy (non-hydrogen) atoms. The van der Waals surface area contributed by atoms with Crippen LogP contribution in [-0.2, 0) is 17.6 Å². The molecule has 1 aliphatic carbocycles. The molecular formula is C23H30N4O2. The van der Waals surface area contributed by atoms with E-state index in [0.717, 1.165) is 43.2 Å². The number of rotatable bonds is 2. The van der Waals surface area contributed by atoms with Gasteiger partial charge in [0.25, 0.3) is 0 Å². The summed E-state index contributed by atoms with van der Waals surface area (Å²) in [5, 5.41) is 8.48. The van der Waals surface area contributed by atoms with Crippen LogP contribution in [0.5, 0.6) is 0 Å². The van der Waals surface area contributed by atoms with Crippen LogP contribution in [0.25, 0.3) is 5.69 Å². The number of carbonyl (C=O) groups excluding carboxylic acids is 1. The van der Waals surface area contributed by atoms with Crippen LogP contribution >= 0.6 is 0 Å². The van der Waals surface area contributed by atoms with Crippen LogP contribution in [-0.4, -0.2) is 46.0 Å². The van der Waals surface area contributed by atoms with Gasteiger partial charge in [0, 0.05) is 38.0 Å². The van der Waals surface area contributed by atoms with Crippen molar-refractivity contribution in [3.05, 3.63) is 46.8 Å². The maximum Gasteiger partial charge on any atom is 0.410 e. The number of carbonyl (C=O) groups is 1. The second-order valence-corrected chi connectivity index (χ2v) is 9.48. The molecule has 1 aromatic heterocycles. The second-order valence-electron chi connectivity index (χ2n) is 9.48. The number of aromatic nitrogens is 2. The molecule has 1 amide bonds. The molecule has 0 bridgehead atoms. The summed E-state index contributed by atoms with van der Waals surface area (Å²) in [6.07, 6.45) is 4.08. The number of benzene rings is 1. The zero-order chi connectivity index (χ0) is 20.2. The van der Waals surface area contributed by atoms with Crippen molar-refractivity contribution in [1.29, 1.82) is 0 Å². The quantitative estimate of drug-likeness (QED) is 0.843. The molecule has 6 nitrogen and oxygen atoms in total. The van der Waals surface area contributed by atoms with Gasteiger partial charge in [0.15, 0.2) is 0 Å². The second kappa shape index (κ2) is 6.87. The first kappa shape index (κ1) is 18.7. The van der Waals surface area contributed by atoms with Crippen LogP contribution < -0.4 is 5.32 Å². The lowest BCUT2D eigenvalue weighted by atomic mass is 9.96. The Bertz CT molecular complexity index is 922. The first-order chi connectivity index (χ1) is 13.9. The first-order valence-electron chi connectivity index (χ1n) is 10.8. The van der Waals surface area contributed by atoms with Gasteiger partial charge in [0.2, 0.25) is 0 Å². The predicted molar refractivity (Wildman–Crippen MR) is 111 cm³/mol. The van der Waals surface area contributed by atoms with Crippen molar-refractivity contribution in [3.63, 3.8) is 0 Å². The SMILES string of the molecule is CC(C)(C)OC(=O)N1CCc2c3c(nn2-c2ccc(C4CC4)cc2)CCNC[C@H]31. The summed E-state index contributed by atoms with van der Waals surface area (Å²) in [4.78, 5) is 14.8.